The molecule has 0 amide bonds. The Labute approximate surface area is 111 Å². The van der Waals surface area contributed by atoms with Crippen molar-refractivity contribution in [1.82, 2.24) is 4.90 Å². The van der Waals surface area contributed by atoms with Crippen LogP contribution in [0.1, 0.15) is 39.2 Å². The second-order valence-electron chi connectivity index (χ2n) is 5.49. The molecule has 0 unspecified atom stereocenters. The molecule has 0 fully saturated rings. The molecule has 0 heterocycles. The van der Waals surface area contributed by atoms with E-state index in [1.54, 1.807) is 0 Å². The van der Waals surface area contributed by atoms with Crippen LogP contribution in [0.4, 0.5) is 0 Å². The fraction of sp³-hybridized carbons (Fsp3) is 0.562. The molecule has 0 aliphatic carbocycles. The van der Waals surface area contributed by atoms with Crippen molar-refractivity contribution in [3.63, 3.8) is 0 Å². The lowest BCUT2D eigenvalue weighted by molar-refractivity contribution is -0.124. The average Bonchev–Trinajstić information content (AvgIpc) is 2.38. The van der Waals surface area contributed by atoms with E-state index in [0.29, 0.717) is 18.2 Å². The number of nitrogens with zero attached hydrogens (tertiary/aromatic N) is 1. The largest absolute Gasteiger partial charge is 0.307 e. The molecule has 0 N–H and O–H groups in total. The highest BCUT2D eigenvalue weighted by Gasteiger charge is 2.35. The van der Waals surface area contributed by atoms with Crippen LogP contribution < -0.4 is 0 Å². The van der Waals surface area contributed by atoms with Crippen LogP contribution in [0, 0.1) is 0 Å². The third-order valence-corrected chi connectivity index (χ3v) is 3.93. The van der Waals surface area contributed by atoms with Gasteiger partial charge in [-0.25, -0.2) is 0 Å². The molecule has 0 saturated heterocycles. The summed E-state index contributed by atoms with van der Waals surface area (Å²) in [6.45, 7) is 6.20. The Balaban J connectivity index is 3.08. The fourth-order valence-electron chi connectivity index (χ4n) is 2.36. The maximum atomic E-state index is 12.4. The van der Waals surface area contributed by atoms with Gasteiger partial charge >= 0.3 is 0 Å². The molecule has 1 aromatic carbocycles. The molecule has 2 atom stereocenters. The topological polar surface area (TPSA) is 20.3 Å². The van der Waals surface area contributed by atoms with Crippen LogP contribution in [0.25, 0.3) is 0 Å². The Bertz CT molecular complexity index is 385. The number of carbonyl (C=O) groups is 1. The number of hydrogen-bond donors (Lipinski definition) is 0. The summed E-state index contributed by atoms with van der Waals surface area (Å²) in [5.74, 6) is 0.322. The third kappa shape index (κ3) is 3.20. The Morgan fingerprint density at radius 3 is 2.28 bits per heavy atom. The Hall–Kier alpha value is -1.15. The monoisotopic (exact) mass is 247 g/mol. The number of ketones is 1. The van der Waals surface area contributed by atoms with E-state index in [1.807, 2.05) is 25.1 Å². The Morgan fingerprint density at radius 1 is 1.28 bits per heavy atom. The number of Topliss-reactive ketones (excluding diaryl/α,β-unsaturated/α-hetero) is 1. The van der Waals surface area contributed by atoms with Crippen LogP contribution in [-0.2, 0) is 10.2 Å². The van der Waals surface area contributed by atoms with Gasteiger partial charge in [0.05, 0.1) is 5.41 Å². The van der Waals surface area contributed by atoms with E-state index in [9.17, 15) is 4.79 Å². The third-order valence-electron chi connectivity index (χ3n) is 3.93. The highest BCUT2D eigenvalue weighted by Crippen LogP contribution is 2.32. The van der Waals surface area contributed by atoms with Crippen molar-refractivity contribution < 1.29 is 4.79 Å². The smallest absolute Gasteiger partial charge is 0.142 e. The van der Waals surface area contributed by atoms with Gasteiger partial charge in [0.1, 0.15) is 5.78 Å². The first-order chi connectivity index (χ1) is 8.41. The number of benzene rings is 1. The summed E-state index contributed by atoms with van der Waals surface area (Å²) < 4.78 is 0. The molecule has 1 aromatic rings. The first-order valence-electron chi connectivity index (χ1n) is 6.67. The minimum Gasteiger partial charge on any atom is -0.307 e. The van der Waals surface area contributed by atoms with Crippen molar-refractivity contribution in [2.75, 3.05) is 14.1 Å². The van der Waals surface area contributed by atoms with Crippen LogP contribution in [0.2, 0.25) is 0 Å². The van der Waals surface area contributed by atoms with Crippen molar-refractivity contribution in [2.24, 2.45) is 0 Å². The molecule has 0 radical (unpaired) electrons. The molecule has 0 aliphatic rings. The summed E-state index contributed by atoms with van der Waals surface area (Å²) in [6.07, 6.45) is 1.45. The van der Waals surface area contributed by atoms with E-state index < -0.39 is 0 Å². The molecule has 2 heteroatoms. The van der Waals surface area contributed by atoms with E-state index in [2.05, 4.69) is 45.0 Å². The highest BCUT2D eigenvalue weighted by atomic mass is 16.1. The summed E-state index contributed by atoms with van der Waals surface area (Å²) in [4.78, 5) is 14.5. The number of rotatable bonds is 6. The zero-order valence-corrected chi connectivity index (χ0v) is 12.2. The average molecular weight is 247 g/mol. The van der Waals surface area contributed by atoms with Crippen molar-refractivity contribution in [2.45, 2.75) is 45.1 Å². The molecule has 100 valence electrons. The van der Waals surface area contributed by atoms with Gasteiger partial charge < -0.3 is 4.90 Å². The molecule has 0 aromatic heterocycles. The quantitative estimate of drug-likeness (QED) is 0.769. The minimum absolute atomic E-state index is 0.322. The van der Waals surface area contributed by atoms with E-state index in [0.717, 1.165) is 12.0 Å². The van der Waals surface area contributed by atoms with Gasteiger partial charge in [-0.05, 0) is 39.9 Å². The van der Waals surface area contributed by atoms with Gasteiger partial charge in [0.2, 0.25) is 0 Å². The van der Waals surface area contributed by atoms with Gasteiger partial charge in [-0.3, -0.25) is 4.79 Å². The maximum absolute atomic E-state index is 12.4. The summed E-state index contributed by atoms with van der Waals surface area (Å²) in [5, 5.41) is 0. The molecular weight excluding hydrogens is 222 g/mol. The first kappa shape index (κ1) is 14.9. The van der Waals surface area contributed by atoms with Crippen molar-refractivity contribution in [3.8, 4) is 0 Å². The second-order valence-corrected chi connectivity index (χ2v) is 5.49. The van der Waals surface area contributed by atoms with E-state index >= 15 is 0 Å². The molecule has 0 saturated carbocycles. The maximum Gasteiger partial charge on any atom is 0.142 e. The van der Waals surface area contributed by atoms with E-state index in [-0.39, 0.29) is 5.41 Å². The van der Waals surface area contributed by atoms with E-state index in [1.165, 1.54) is 0 Å². The van der Waals surface area contributed by atoms with Crippen molar-refractivity contribution >= 4 is 5.78 Å². The summed E-state index contributed by atoms with van der Waals surface area (Å²) >= 11 is 0. The van der Waals surface area contributed by atoms with Gasteiger partial charge in [-0.15, -0.1) is 0 Å². The van der Waals surface area contributed by atoms with Crippen LogP contribution in [0.3, 0.4) is 0 Å². The highest BCUT2D eigenvalue weighted by molar-refractivity contribution is 5.89. The number of hydrogen-bond acceptors (Lipinski definition) is 2. The number of carbonyl (C=O) groups excluding carboxylic acids is 1. The van der Waals surface area contributed by atoms with Gasteiger partial charge in [0.15, 0.2) is 0 Å². The summed E-state index contributed by atoms with van der Waals surface area (Å²) in [6, 6.07) is 10.5. The fourth-order valence-corrected chi connectivity index (χ4v) is 2.36. The van der Waals surface area contributed by atoms with Crippen molar-refractivity contribution in [3.05, 3.63) is 35.9 Å². The predicted molar refractivity (Wildman–Crippen MR) is 76.9 cm³/mol. The molecule has 0 spiro atoms. The SMILES string of the molecule is CCC(=O)[C@@](C)(C[C@H](C)N(C)C)c1ccccc1. The second kappa shape index (κ2) is 6.14. The molecule has 2 nitrogen and oxygen atoms in total. The van der Waals surface area contributed by atoms with Gasteiger partial charge in [-0.1, -0.05) is 37.3 Å². The van der Waals surface area contributed by atoms with E-state index in [4.69, 9.17) is 0 Å². The van der Waals surface area contributed by atoms with Crippen LogP contribution in [0.15, 0.2) is 30.3 Å². The van der Waals surface area contributed by atoms with Gasteiger partial charge in [-0.2, -0.15) is 0 Å². The molecule has 0 bridgehead atoms. The Morgan fingerprint density at radius 2 is 1.83 bits per heavy atom. The van der Waals surface area contributed by atoms with Crippen LogP contribution >= 0.6 is 0 Å². The Kier molecular flexibility index (Phi) is 5.09. The lowest BCUT2D eigenvalue weighted by Crippen LogP contribution is -2.39. The zero-order chi connectivity index (χ0) is 13.8. The van der Waals surface area contributed by atoms with Crippen molar-refractivity contribution in [1.29, 1.82) is 0 Å². The van der Waals surface area contributed by atoms with Crippen LogP contribution in [-0.4, -0.2) is 30.8 Å². The minimum atomic E-state index is -0.375. The summed E-state index contributed by atoms with van der Waals surface area (Å²) in [5.41, 5.74) is 0.755. The lowest BCUT2D eigenvalue weighted by Gasteiger charge is -2.33. The molecule has 18 heavy (non-hydrogen) atoms. The first-order valence-corrected chi connectivity index (χ1v) is 6.67. The molecular formula is C16H25NO. The zero-order valence-electron chi connectivity index (χ0n) is 12.2. The molecule has 0 aliphatic heterocycles. The molecule has 1 rings (SSSR count). The van der Waals surface area contributed by atoms with Gasteiger partial charge in [0, 0.05) is 12.5 Å². The summed E-state index contributed by atoms with van der Waals surface area (Å²) in [7, 11) is 4.12. The van der Waals surface area contributed by atoms with Crippen LogP contribution in [0.5, 0.6) is 0 Å². The lowest BCUT2D eigenvalue weighted by atomic mass is 9.73. The van der Waals surface area contributed by atoms with Gasteiger partial charge in [0.25, 0.3) is 0 Å². The standard InChI is InChI=1S/C16H25NO/c1-6-15(18)16(3,12-13(2)17(4)5)14-10-8-7-9-11-14/h7-11,13H,6,12H2,1-5H3/t13-,16-/m0/s1. The predicted octanol–water partition coefficient (Wildman–Crippen LogP) is 3.26. The normalized spacial score (nSPS) is 16.3.